The summed E-state index contributed by atoms with van der Waals surface area (Å²) in [5.41, 5.74) is 2.44. The number of methoxy groups -OCH3 is 2. The second-order valence-corrected chi connectivity index (χ2v) is 9.61. The molecule has 1 aliphatic carbocycles. The SMILES string of the molecule is COc1ccc(N(CC(=O)NCC2=CCCCC2)S(=O)(=O)c2ccc(C)cc2)cc1OC. The van der Waals surface area contributed by atoms with Crippen LogP contribution in [0.5, 0.6) is 11.5 Å². The highest BCUT2D eigenvalue weighted by molar-refractivity contribution is 7.92. The lowest BCUT2D eigenvalue weighted by atomic mass is 10.00. The standard InChI is InChI=1S/C24H30N2O5S/c1-18-9-12-21(13-10-18)32(28,29)26(20-11-14-22(30-2)23(15-20)31-3)17-24(27)25-16-19-7-5-4-6-8-19/h7,9-15H,4-6,8,16-17H2,1-3H3,(H,25,27). The third kappa shape index (κ3) is 5.62. The minimum atomic E-state index is -3.99. The van der Waals surface area contributed by atoms with Crippen molar-refractivity contribution in [2.45, 2.75) is 37.5 Å². The molecule has 1 N–H and O–H groups in total. The van der Waals surface area contributed by atoms with Crippen LogP contribution in [0.15, 0.2) is 59.0 Å². The maximum atomic E-state index is 13.5. The van der Waals surface area contributed by atoms with Gasteiger partial charge in [-0.15, -0.1) is 0 Å². The minimum absolute atomic E-state index is 0.112. The van der Waals surface area contributed by atoms with Crippen LogP contribution in [0, 0.1) is 6.92 Å². The number of nitrogens with one attached hydrogen (secondary N) is 1. The number of carbonyl (C=O) groups is 1. The van der Waals surface area contributed by atoms with Gasteiger partial charge in [-0.1, -0.05) is 29.3 Å². The molecule has 0 unspecified atom stereocenters. The van der Waals surface area contributed by atoms with Gasteiger partial charge in [-0.05, 0) is 56.9 Å². The number of hydrogen-bond acceptors (Lipinski definition) is 5. The molecule has 8 heteroatoms. The Morgan fingerprint density at radius 1 is 1.03 bits per heavy atom. The van der Waals surface area contributed by atoms with Gasteiger partial charge in [0.15, 0.2) is 11.5 Å². The lowest BCUT2D eigenvalue weighted by molar-refractivity contribution is -0.119. The molecule has 32 heavy (non-hydrogen) atoms. The van der Waals surface area contributed by atoms with E-state index < -0.39 is 10.0 Å². The van der Waals surface area contributed by atoms with Gasteiger partial charge in [-0.2, -0.15) is 0 Å². The molecule has 0 fully saturated rings. The van der Waals surface area contributed by atoms with Gasteiger partial charge in [-0.25, -0.2) is 8.42 Å². The maximum Gasteiger partial charge on any atom is 0.264 e. The quantitative estimate of drug-likeness (QED) is 0.578. The average Bonchev–Trinajstić information content (AvgIpc) is 2.81. The zero-order valence-electron chi connectivity index (χ0n) is 18.8. The lowest BCUT2D eigenvalue weighted by Gasteiger charge is -2.25. The summed E-state index contributed by atoms with van der Waals surface area (Å²) in [7, 11) is -1.01. The molecule has 0 atom stereocenters. The highest BCUT2D eigenvalue weighted by Gasteiger charge is 2.28. The molecule has 0 aliphatic heterocycles. The molecular formula is C24H30N2O5S. The van der Waals surface area contributed by atoms with Crippen molar-refractivity contribution in [2.75, 3.05) is 31.6 Å². The largest absolute Gasteiger partial charge is 0.493 e. The van der Waals surface area contributed by atoms with Gasteiger partial charge in [0, 0.05) is 12.6 Å². The average molecular weight is 459 g/mol. The maximum absolute atomic E-state index is 13.5. The summed E-state index contributed by atoms with van der Waals surface area (Å²) in [6.45, 7) is 1.97. The molecule has 0 saturated heterocycles. The Morgan fingerprint density at radius 2 is 1.75 bits per heavy atom. The Kier molecular flexibility index (Phi) is 7.80. The van der Waals surface area contributed by atoms with E-state index >= 15 is 0 Å². The van der Waals surface area contributed by atoms with E-state index in [1.807, 2.05) is 6.92 Å². The van der Waals surface area contributed by atoms with Crippen LogP contribution in [0.4, 0.5) is 5.69 Å². The number of aryl methyl sites for hydroxylation is 1. The van der Waals surface area contributed by atoms with Crippen molar-refractivity contribution in [2.24, 2.45) is 0 Å². The number of sulfonamides is 1. The Morgan fingerprint density at radius 3 is 2.38 bits per heavy atom. The van der Waals surface area contributed by atoms with Gasteiger partial charge in [-0.3, -0.25) is 9.10 Å². The Labute approximate surface area is 190 Å². The fraction of sp³-hybridized carbons (Fsp3) is 0.375. The number of hydrogen-bond donors (Lipinski definition) is 1. The molecule has 3 rings (SSSR count). The van der Waals surface area contributed by atoms with Crippen molar-refractivity contribution in [3.8, 4) is 11.5 Å². The Hall–Kier alpha value is -3.00. The van der Waals surface area contributed by atoms with Gasteiger partial charge in [0.2, 0.25) is 5.91 Å². The smallest absolute Gasteiger partial charge is 0.264 e. The van der Waals surface area contributed by atoms with E-state index in [-0.39, 0.29) is 17.3 Å². The van der Waals surface area contributed by atoms with Crippen LogP contribution in [-0.2, 0) is 14.8 Å². The molecule has 172 valence electrons. The summed E-state index contributed by atoms with van der Waals surface area (Å²) in [5.74, 6) is 0.474. The summed E-state index contributed by atoms with van der Waals surface area (Å²) < 4.78 is 38.7. The third-order valence-corrected chi connectivity index (χ3v) is 7.24. The van der Waals surface area contributed by atoms with Crippen molar-refractivity contribution in [1.29, 1.82) is 0 Å². The predicted molar refractivity (Wildman–Crippen MR) is 125 cm³/mol. The number of allylic oxidation sites excluding steroid dienone is 1. The number of amides is 1. The normalized spacial score (nSPS) is 13.8. The molecule has 7 nitrogen and oxygen atoms in total. The Bertz CT molecular complexity index is 1080. The van der Waals surface area contributed by atoms with Crippen LogP contribution >= 0.6 is 0 Å². The number of anilines is 1. The van der Waals surface area contributed by atoms with Crippen molar-refractivity contribution in [3.63, 3.8) is 0 Å². The highest BCUT2D eigenvalue weighted by Crippen LogP contribution is 2.33. The van der Waals surface area contributed by atoms with Gasteiger partial charge >= 0.3 is 0 Å². The summed E-state index contributed by atoms with van der Waals surface area (Å²) in [6.07, 6.45) is 6.41. The molecule has 1 aliphatic rings. The van der Waals surface area contributed by atoms with Gasteiger partial charge in [0.1, 0.15) is 6.54 Å². The van der Waals surface area contributed by atoms with Gasteiger partial charge in [0.05, 0.1) is 24.8 Å². The molecule has 0 bridgehead atoms. The van der Waals surface area contributed by atoms with E-state index in [0.717, 1.165) is 29.1 Å². The summed E-state index contributed by atoms with van der Waals surface area (Å²) in [5, 5.41) is 2.87. The molecule has 0 radical (unpaired) electrons. The van der Waals surface area contributed by atoms with Gasteiger partial charge in [0.25, 0.3) is 10.0 Å². The number of benzene rings is 2. The second kappa shape index (κ2) is 10.5. The first-order valence-electron chi connectivity index (χ1n) is 10.6. The van der Waals surface area contributed by atoms with Crippen LogP contribution < -0.4 is 19.1 Å². The first kappa shape index (κ1) is 23.7. The number of nitrogens with zero attached hydrogens (tertiary/aromatic N) is 1. The van der Waals surface area contributed by atoms with Crippen LogP contribution in [0.2, 0.25) is 0 Å². The molecule has 0 aromatic heterocycles. The van der Waals surface area contributed by atoms with Crippen LogP contribution in [0.1, 0.15) is 31.2 Å². The highest BCUT2D eigenvalue weighted by atomic mass is 32.2. The van der Waals surface area contributed by atoms with E-state index in [2.05, 4.69) is 11.4 Å². The fourth-order valence-corrected chi connectivity index (χ4v) is 5.01. The fourth-order valence-electron chi connectivity index (χ4n) is 3.60. The molecular weight excluding hydrogens is 428 g/mol. The molecule has 2 aromatic carbocycles. The van der Waals surface area contributed by atoms with E-state index in [9.17, 15) is 13.2 Å². The first-order valence-corrected chi connectivity index (χ1v) is 12.0. The van der Waals surface area contributed by atoms with Crippen LogP contribution in [0.3, 0.4) is 0 Å². The molecule has 0 saturated carbocycles. The van der Waals surface area contributed by atoms with Crippen molar-refractivity contribution >= 4 is 21.6 Å². The van der Waals surface area contributed by atoms with Crippen molar-refractivity contribution in [3.05, 3.63) is 59.7 Å². The van der Waals surface area contributed by atoms with Gasteiger partial charge < -0.3 is 14.8 Å². The Balaban J connectivity index is 1.91. The van der Waals surface area contributed by atoms with Crippen molar-refractivity contribution in [1.82, 2.24) is 5.32 Å². The number of ether oxygens (including phenoxy) is 2. The molecule has 1 amide bonds. The zero-order valence-corrected chi connectivity index (χ0v) is 19.6. The summed E-state index contributed by atoms with van der Waals surface area (Å²) >= 11 is 0. The second-order valence-electron chi connectivity index (χ2n) is 7.75. The van der Waals surface area contributed by atoms with Crippen LogP contribution in [-0.4, -0.2) is 41.6 Å². The monoisotopic (exact) mass is 458 g/mol. The van der Waals surface area contributed by atoms with E-state index in [0.29, 0.717) is 23.7 Å². The summed E-state index contributed by atoms with van der Waals surface area (Å²) in [4.78, 5) is 12.9. The predicted octanol–water partition coefficient (Wildman–Crippen LogP) is 3.82. The molecule has 2 aromatic rings. The first-order chi connectivity index (χ1) is 15.3. The summed E-state index contributed by atoms with van der Waals surface area (Å²) in [6, 6.07) is 11.3. The van der Waals surface area contributed by atoms with Crippen LogP contribution in [0.25, 0.3) is 0 Å². The number of carbonyl (C=O) groups excluding carboxylic acids is 1. The molecule has 0 heterocycles. The zero-order chi connectivity index (χ0) is 23.1. The van der Waals surface area contributed by atoms with E-state index in [4.69, 9.17) is 9.47 Å². The number of rotatable bonds is 9. The lowest BCUT2D eigenvalue weighted by Crippen LogP contribution is -2.41. The minimum Gasteiger partial charge on any atom is -0.493 e. The third-order valence-electron chi connectivity index (χ3n) is 5.45. The van der Waals surface area contributed by atoms with E-state index in [1.165, 1.54) is 26.2 Å². The van der Waals surface area contributed by atoms with E-state index in [1.54, 1.807) is 42.5 Å². The molecule has 0 spiro atoms. The topological polar surface area (TPSA) is 84.9 Å². The van der Waals surface area contributed by atoms with Crippen molar-refractivity contribution < 1.29 is 22.7 Å².